The molecule has 2 nitrogen and oxygen atoms in total. The van der Waals surface area contributed by atoms with Crippen molar-refractivity contribution in [2.45, 2.75) is 18.9 Å². The van der Waals surface area contributed by atoms with Gasteiger partial charge in [-0.25, -0.2) is 0 Å². The Morgan fingerprint density at radius 3 is 2.39 bits per heavy atom. The summed E-state index contributed by atoms with van der Waals surface area (Å²) in [5, 5.41) is 2.57. The van der Waals surface area contributed by atoms with Crippen LogP contribution in [-0.4, -0.2) is 11.0 Å². The van der Waals surface area contributed by atoms with E-state index in [1.165, 1.54) is 55.4 Å². The van der Waals surface area contributed by atoms with Gasteiger partial charge in [0.05, 0.1) is 6.04 Å². The Morgan fingerprint density at radius 1 is 0.727 bits per heavy atom. The normalized spacial score (nSPS) is 19.1. The van der Waals surface area contributed by atoms with Gasteiger partial charge in [-0.1, -0.05) is 78.9 Å². The Balaban J connectivity index is 1.35. The summed E-state index contributed by atoms with van der Waals surface area (Å²) in [7, 11) is 0. The van der Waals surface area contributed by atoms with E-state index in [1.54, 1.807) is 0 Å². The molecule has 0 amide bonds. The number of hydrogen-bond acceptors (Lipinski definition) is 1. The second-order valence-electron chi connectivity index (χ2n) is 9.14. The lowest BCUT2D eigenvalue weighted by Gasteiger charge is -2.31. The van der Waals surface area contributed by atoms with Gasteiger partial charge in [0.2, 0.25) is 0 Å². The molecule has 1 N–H and O–H groups in total. The maximum Gasteiger partial charge on any atom is 0.0630 e. The number of aromatic amines is 1. The first-order chi connectivity index (χ1) is 16.3. The topological polar surface area (TPSA) is 19.0 Å². The summed E-state index contributed by atoms with van der Waals surface area (Å²) in [5.41, 5.74) is 10.3. The van der Waals surface area contributed by atoms with Crippen molar-refractivity contribution in [3.05, 3.63) is 126 Å². The van der Waals surface area contributed by atoms with Crippen molar-refractivity contribution in [1.82, 2.24) is 4.98 Å². The molecule has 7 rings (SSSR count). The zero-order valence-electron chi connectivity index (χ0n) is 18.5. The lowest BCUT2D eigenvalue weighted by Crippen LogP contribution is -2.29. The summed E-state index contributed by atoms with van der Waals surface area (Å²) in [5.74, 6) is 0.333. The number of aryl methyl sites for hydroxylation is 1. The van der Waals surface area contributed by atoms with Crippen LogP contribution in [0.15, 0.2) is 109 Å². The molecule has 33 heavy (non-hydrogen) atoms. The van der Waals surface area contributed by atoms with E-state index in [1.807, 2.05) is 0 Å². The number of rotatable bonds is 2. The first-order valence-electron chi connectivity index (χ1n) is 11.6. The average Bonchev–Trinajstić information content (AvgIpc) is 3.39. The third-order valence-electron chi connectivity index (χ3n) is 7.27. The van der Waals surface area contributed by atoms with Crippen LogP contribution < -0.4 is 4.90 Å². The molecule has 0 saturated carbocycles. The Kier molecular flexibility index (Phi) is 3.92. The molecule has 5 aromatic rings. The maximum absolute atomic E-state index is 3.54. The quantitative estimate of drug-likeness (QED) is 0.305. The van der Waals surface area contributed by atoms with E-state index in [0.717, 1.165) is 0 Å². The summed E-state index contributed by atoms with van der Waals surface area (Å²) < 4.78 is 0. The number of allylic oxidation sites excluding steroid dienone is 2. The number of aromatic nitrogens is 1. The van der Waals surface area contributed by atoms with Crippen LogP contribution in [0.2, 0.25) is 0 Å². The van der Waals surface area contributed by atoms with Crippen LogP contribution in [0, 0.1) is 6.92 Å². The molecule has 158 valence electrons. The number of para-hydroxylation sites is 3. The fourth-order valence-corrected chi connectivity index (χ4v) is 5.68. The first kappa shape index (κ1) is 18.5. The largest absolute Gasteiger partial charge is 0.355 e. The molecule has 1 aliphatic heterocycles. The Hall–Kier alpha value is -4.04. The van der Waals surface area contributed by atoms with Crippen LogP contribution in [-0.2, 0) is 0 Å². The van der Waals surface area contributed by atoms with Crippen molar-refractivity contribution in [3.8, 4) is 0 Å². The lowest BCUT2D eigenvalue weighted by atomic mass is 9.86. The van der Waals surface area contributed by atoms with Gasteiger partial charge in [0.25, 0.3) is 0 Å². The molecule has 0 saturated heterocycles. The molecule has 2 atom stereocenters. The third kappa shape index (κ3) is 2.74. The monoisotopic (exact) mass is 424 g/mol. The lowest BCUT2D eigenvalue weighted by molar-refractivity contribution is 0.746. The maximum atomic E-state index is 3.54. The molecule has 0 spiro atoms. The summed E-state index contributed by atoms with van der Waals surface area (Å²) in [6.45, 7) is 2.20. The minimum Gasteiger partial charge on any atom is -0.355 e. The van der Waals surface area contributed by atoms with E-state index in [2.05, 4.69) is 126 Å². The fraction of sp³-hybridized carbons (Fsp3) is 0.0968. The second kappa shape index (κ2) is 6.98. The second-order valence-corrected chi connectivity index (χ2v) is 9.14. The predicted octanol–water partition coefficient (Wildman–Crippen LogP) is 7.89. The fourth-order valence-electron chi connectivity index (χ4n) is 5.68. The van der Waals surface area contributed by atoms with Gasteiger partial charge in [0.1, 0.15) is 0 Å². The first-order valence-corrected chi connectivity index (χ1v) is 11.6. The van der Waals surface area contributed by atoms with E-state index in [9.17, 15) is 0 Å². The summed E-state index contributed by atoms with van der Waals surface area (Å²) in [6.07, 6.45) is 7.18. The molecule has 1 aliphatic carbocycles. The zero-order valence-corrected chi connectivity index (χ0v) is 18.5. The van der Waals surface area contributed by atoms with Crippen molar-refractivity contribution in [1.29, 1.82) is 0 Å². The zero-order chi connectivity index (χ0) is 21.9. The van der Waals surface area contributed by atoms with Gasteiger partial charge in [-0.2, -0.15) is 0 Å². The molecular formula is C31H24N2. The van der Waals surface area contributed by atoms with Crippen LogP contribution in [0.1, 0.15) is 22.6 Å². The van der Waals surface area contributed by atoms with E-state index in [4.69, 9.17) is 0 Å². The van der Waals surface area contributed by atoms with Crippen molar-refractivity contribution in [2.75, 3.05) is 4.90 Å². The molecule has 0 radical (unpaired) electrons. The van der Waals surface area contributed by atoms with Gasteiger partial charge in [-0.15, -0.1) is 0 Å². The molecular weight excluding hydrogens is 400 g/mol. The Bertz CT molecular complexity index is 1600. The number of nitrogens with one attached hydrogen (secondary N) is 1. The average molecular weight is 425 g/mol. The molecule has 2 unspecified atom stereocenters. The van der Waals surface area contributed by atoms with Gasteiger partial charge in [0.15, 0.2) is 0 Å². The predicted molar refractivity (Wildman–Crippen MR) is 139 cm³/mol. The number of nitrogens with zero attached hydrogens (tertiary/aromatic N) is 1. The van der Waals surface area contributed by atoms with Crippen molar-refractivity contribution in [2.24, 2.45) is 0 Å². The van der Waals surface area contributed by atoms with Crippen molar-refractivity contribution >= 4 is 38.8 Å². The molecule has 0 fully saturated rings. The summed E-state index contributed by atoms with van der Waals surface area (Å²) in [4.78, 5) is 6.06. The molecule has 2 heteroatoms. The van der Waals surface area contributed by atoms with Crippen LogP contribution >= 0.6 is 0 Å². The molecule has 2 aliphatic rings. The van der Waals surface area contributed by atoms with Crippen LogP contribution in [0.3, 0.4) is 0 Å². The van der Waals surface area contributed by atoms with Gasteiger partial charge in [-0.05, 0) is 59.5 Å². The SMILES string of the molecule is Cc1ccccc1N1c2ccccc2C2C=C(c3ccc4[nH]c5ccccc5c4c3)C=CC21. The Labute approximate surface area is 193 Å². The van der Waals surface area contributed by atoms with Crippen molar-refractivity contribution < 1.29 is 0 Å². The van der Waals surface area contributed by atoms with Gasteiger partial charge >= 0.3 is 0 Å². The van der Waals surface area contributed by atoms with Gasteiger partial charge in [0, 0.05) is 39.1 Å². The van der Waals surface area contributed by atoms with Crippen LogP contribution in [0.5, 0.6) is 0 Å². The van der Waals surface area contributed by atoms with E-state index in [0.29, 0.717) is 12.0 Å². The molecule has 4 aromatic carbocycles. The van der Waals surface area contributed by atoms with Crippen LogP contribution in [0.25, 0.3) is 27.4 Å². The summed E-state index contributed by atoms with van der Waals surface area (Å²) >= 11 is 0. The number of H-pyrrole nitrogens is 1. The van der Waals surface area contributed by atoms with E-state index < -0.39 is 0 Å². The molecule has 1 aromatic heterocycles. The van der Waals surface area contributed by atoms with Gasteiger partial charge in [-0.3, -0.25) is 0 Å². The van der Waals surface area contributed by atoms with Crippen LogP contribution in [0.4, 0.5) is 11.4 Å². The molecule has 2 heterocycles. The number of fused-ring (bicyclic) bond motifs is 6. The highest BCUT2D eigenvalue weighted by atomic mass is 15.2. The van der Waals surface area contributed by atoms with E-state index >= 15 is 0 Å². The van der Waals surface area contributed by atoms with Gasteiger partial charge < -0.3 is 9.88 Å². The smallest absolute Gasteiger partial charge is 0.0630 e. The summed E-state index contributed by atoms with van der Waals surface area (Å²) in [6, 6.07) is 33.2. The van der Waals surface area contributed by atoms with E-state index in [-0.39, 0.29) is 0 Å². The minimum absolute atomic E-state index is 0.295. The highest BCUT2D eigenvalue weighted by Gasteiger charge is 2.38. The number of benzene rings is 4. The molecule has 0 bridgehead atoms. The standard InChI is InChI=1S/C31H24N2/c1-20-8-2-6-12-29(20)33-30-13-7-4-10-24(30)26-19-22(15-17-31(26)33)21-14-16-28-25(18-21)23-9-3-5-11-27(23)32-28/h2-19,26,31-32H,1H3. The highest BCUT2D eigenvalue weighted by molar-refractivity contribution is 6.08. The number of anilines is 2. The third-order valence-corrected chi connectivity index (χ3v) is 7.27. The highest BCUT2D eigenvalue weighted by Crippen LogP contribution is 2.49. The number of hydrogen-bond donors (Lipinski definition) is 1. The minimum atomic E-state index is 0.295. The van der Waals surface area contributed by atoms with Crippen molar-refractivity contribution in [3.63, 3.8) is 0 Å². The Morgan fingerprint density at radius 2 is 1.48 bits per heavy atom.